The van der Waals surface area contributed by atoms with Gasteiger partial charge in [-0.3, -0.25) is 14.3 Å². The highest BCUT2D eigenvalue weighted by molar-refractivity contribution is 7.19. The van der Waals surface area contributed by atoms with Crippen molar-refractivity contribution in [3.05, 3.63) is 52.7 Å². The third-order valence-electron chi connectivity index (χ3n) is 6.61. The molecule has 10 heteroatoms. The molecule has 0 bridgehead atoms. The molecule has 2 fully saturated rings. The summed E-state index contributed by atoms with van der Waals surface area (Å²) in [5.41, 5.74) is 8.80. The molecule has 0 radical (unpaired) electrons. The van der Waals surface area contributed by atoms with E-state index in [-0.39, 0.29) is 40.5 Å². The van der Waals surface area contributed by atoms with Gasteiger partial charge < -0.3 is 16.0 Å². The SMILES string of the molecule is Cc1nn(C)c(C)c1C(=O)NC[C@@H]1CC2CC2N1C(=O)c1nc(N)sc1-c1cccc(F)c1. The largest absolute Gasteiger partial charge is 0.375 e. The van der Waals surface area contributed by atoms with E-state index in [0.29, 0.717) is 34.2 Å². The van der Waals surface area contributed by atoms with Gasteiger partial charge >= 0.3 is 0 Å². The number of rotatable bonds is 5. The Morgan fingerprint density at radius 1 is 1.30 bits per heavy atom. The van der Waals surface area contributed by atoms with Crippen LogP contribution in [-0.2, 0) is 7.05 Å². The lowest BCUT2D eigenvalue weighted by Crippen LogP contribution is -2.45. The molecule has 1 aliphatic carbocycles. The number of nitrogen functional groups attached to an aromatic ring is 1. The molecular weight excluding hydrogens is 443 g/mol. The number of halogens is 1. The van der Waals surface area contributed by atoms with Crippen molar-refractivity contribution < 1.29 is 14.0 Å². The number of likely N-dealkylation sites (tertiary alicyclic amines) is 1. The number of nitrogens with two attached hydrogens (primary N) is 1. The first-order chi connectivity index (χ1) is 15.7. The van der Waals surface area contributed by atoms with Gasteiger partial charge in [0.05, 0.1) is 22.2 Å². The minimum Gasteiger partial charge on any atom is -0.375 e. The zero-order valence-corrected chi connectivity index (χ0v) is 19.4. The van der Waals surface area contributed by atoms with Crippen LogP contribution in [0.3, 0.4) is 0 Å². The number of nitrogens with zero attached hydrogens (tertiary/aromatic N) is 4. The lowest BCUT2D eigenvalue weighted by molar-refractivity contribution is 0.0684. The number of aryl methyl sites for hydroxylation is 2. The predicted octanol–water partition coefficient (Wildman–Crippen LogP) is 2.91. The van der Waals surface area contributed by atoms with Crippen molar-refractivity contribution in [3.8, 4) is 10.4 Å². The quantitative estimate of drug-likeness (QED) is 0.599. The average Bonchev–Trinajstić information content (AvgIpc) is 3.13. The molecule has 8 nitrogen and oxygen atoms in total. The summed E-state index contributed by atoms with van der Waals surface area (Å²) < 4.78 is 15.5. The molecular formula is C23H25FN6O2S. The van der Waals surface area contributed by atoms with E-state index >= 15 is 0 Å². The van der Waals surface area contributed by atoms with E-state index in [1.807, 2.05) is 18.7 Å². The van der Waals surface area contributed by atoms with Crippen molar-refractivity contribution in [1.82, 2.24) is 25.0 Å². The number of carbonyl (C=O) groups excluding carboxylic acids is 2. The highest BCUT2D eigenvalue weighted by Gasteiger charge is 2.54. The van der Waals surface area contributed by atoms with Gasteiger partial charge in [-0.05, 0) is 50.3 Å². The molecule has 1 saturated heterocycles. The zero-order valence-electron chi connectivity index (χ0n) is 18.6. The fraction of sp³-hybridized carbons (Fsp3) is 0.391. The summed E-state index contributed by atoms with van der Waals surface area (Å²) in [4.78, 5) is 33.1. The minimum absolute atomic E-state index is 0.134. The van der Waals surface area contributed by atoms with Crippen LogP contribution in [0.15, 0.2) is 24.3 Å². The van der Waals surface area contributed by atoms with Gasteiger partial charge in [-0.2, -0.15) is 5.10 Å². The Hall–Kier alpha value is -3.27. The minimum atomic E-state index is -0.386. The highest BCUT2D eigenvalue weighted by Crippen LogP contribution is 2.49. The molecule has 1 aliphatic heterocycles. The lowest BCUT2D eigenvalue weighted by Gasteiger charge is -2.27. The van der Waals surface area contributed by atoms with Crippen LogP contribution in [0, 0.1) is 25.6 Å². The molecule has 3 N–H and O–H groups in total. The topological polar surface area (TPSA) is 106 Å². The summed E-state index contributed by atoms with van der Waals surface area (Å²) in [7, 11) is 1.81. The summed E-state index contributed by atoms with van der Waals surface area (Å²) in [5, 5.41) is 7.56. The number of thiazole rings is 1. The molecule has 3 aromatic rings. The summed E-state index contributed by atoms with van der Waals surface area (Å²) in [6.07, 6.45) is 1.78. The first-order valence-electron chi connectivity index (χ1n) is 10.9. The van der Waals surface area contributed by atoms with Gasteiger partial charge in [-0.25, -0.2) is 9.37 Å². The summed E-state index contributed by atoms with van der Waals surface area (Å²) in [5.74, 6) is -0.362. The second-order valence-corrected chi connectivity index (χ2v) is 9.82. The third-order valence-corrected chi connectivity index (χ3v) is 7.55. The van der Waals surface area contributed by atoms with E-state index in [9.17, 15) is 14.0 Å². The predicted molar refractivity (Wildman–Crippen MR) is 123 cm³/mol. The normalized spacial score (nSPS) is 21.2. The second kappa shape index (κ2) is 7.95. The third kappa shape index (κ3) is 3.78. The number of fused-ring (bicyclic) bond motifs is 1. The van der Waals surface area contributed by atoms with Crippen LogP contribution in [-0.4, -0.2) is 50.1 Å². The van der Waals surface area contributed by atoms with E-state index in [1.165, 1.54) is 23.5 Å². The van der Waals surface area contributed by atoms with Gasteiger partial charge in [0.15, 0.2) is 5.13 Å². The number of benzene rings is 1. The van der Waals surface area contributed by atoms with Crippen LogP contribution < -0.4 is 11.1 Å². The van der Waals surface area contributed by atoms with Crippen molar-refractivity contribution in [2.75, 3.05) is 12.3 Å². The lowest BCUT2D eigenvalue weighted by atomic mass is 10.1. The van der Waals surface area contributed by atoms with Crippen molar-refractivity contribution in [2.45, 2.75) is 38.8 Å². The molecule has 2 unspecified atom stereocenters. The van der Waals surface area contributed by atoms with Gasteiger partial charge in [0, 0.05) is 25.3 Å². The van der Waals surface area contributed by atoms with E-state index in [1.54, 1.807) is 23.9 Å². The molecule has 5 rings (SSSR count). The van der Waals surface area contributed by atoms with Crippen LogP contribution in [0.4, 0.5) is 9.52 Å². The Labute approximate surface area is 194 Å². The number of piperidine rings is 1. The van der Waals surface area contributed by atoms with Crippen molar-refractivity contribution in [1.29, 1.82) is 0 Å². The van der Waals surface area contributed by atoms with Gasteiger partial charge in [0.1, 0.15) is 11.5 Å². The van der Waals surface area contributed by atoms with Crippen molar-refractivity contribution in [2.24, 2.45) is 13.0 Å². The first kappa shape index (κ1) is 21.6. The van der Waals surface area contributed by atoms with Crippen LogP contribution in [0.25, 0.3) is 10.4 Å². The van der Waals surface area contributed by atoms with E-state index in [2.05, 4.69) is 15.4 Å². The van der Waals surface area contributed by atoms with E-state index in [0.717, 1.165) is 18.5 Å². The number of aromatic nitrogens is 3. The van der Waals surface area contributed by atoms with E-state index < -0.39 is 0 Å². The molecule has 172 valence electrons. The molecule has 2 aromatic heterocycles. The van der Waals surface area contributed by atoms with E-state index in [4.69, 9.17) is 5.73 Å². The Bertz CT molecular complexity index is 1270. The van der Waals surface area contributed by atoms with Gasteiger partial charge in [0.25, 0.3) is 11.8 Å². The summed E-state index contributed by atoms with van der Waals surface area (Å²) >= 11 is 1.17. The van der Waals surface area contributed by atoms with Crippen LogP contribution in [0.5, 0.6) is 0 Å². The van der Waals surface area contributed by atoms with Crippen molar-refractivity contribution >= 4 is 28.3 Å². The highest BCUT2D eigenvalue weighted by atomic mass is 32.1. The monoisotopic (exact) mass is 468 g/mol. The van der Waals surface area contributed by atoms with Crippen LogP contribution in [0.1, 0.15) is 45.1 Å². The van der Waals surface area contributed by atoms with Crippen LogP contribution in [0.2, 0.25) is 0 Å². The average molecular weight is 469 g/mol. The summed E-state index contributed by atoms with van der Waals surface area (Å²) in [6.45, 7) is 4.01. The number of anilines is 1. The molecule has 33 heavy (non-hydrogen) atoms. The molecule has 2 amide bonds. The number of nitrogens with one attached hydrogen (secondary N) is 1. The zero-order chi connectivity index (χ0) is 23.4. The molecule has 1 saturated carbocycles. The standard InChI is InChI=1S/C23H25FN6O2S/c1-11-18(12(2)29(3)28-11)21(31)26-10-16-8-14-9-17(14)30(16)22(32)19-20(33-23(25)27-19)13-5-4-6-15(24)7-13/h4-7,14,16-17H,8-10H2,1-3H3,(H2,25,27)(H,26,31)/t14?,16-,17?/m0/s1. The smallest absolute Gasteiger partial charge is 0.274 e. The van der Waals surface area contributed by atoms with Crippen molar-refractivity contribution in [3.63, 3.8) is 0 Å². The number of carbonyl (C=O) groups is 2. The Morgan fingerprint density at radius 3 is 2.79 bits per heavy atom. The number of hydrogen-bond acceptors (Lipinski definition) is 6. The molecule has 2 aliphatic rings. The van der Waals surface area contributed by atoms with Gasteiger partial charge in [-0.15, -0.1) is 0 Å². The van der Waals surface area contributed by atoms with Gasteiger partial charge in [0.2, 0.25) is 0 Å². The first-order valence-corrected chi connectivity index (χ1v) is 11.7. The van der Waals surface area contributed by atoms with Gasteiger partial charge in [-0.1, -0.05) is 23.5 Å². The fourth-order valence-electron chi connectivity index (χ4n) is 4.89. The maximum atomic E-state index is 13.8. The fourth-order valence-corrected chi connectivity index (χ4v) is 5.71. The molecule has 0 spiro atoms. The maximum Gasteiger partial charge on any atom is 0.274 e. The molecule has 1 aromatic carbocycles. The van der Waals surface area contributed by atoms with Crippen LogP contribution >= 0.6 is 11.3 Å². The summed E-state index contributed by atoms with van der Waals surface area (Å²) in [6, 6.07) is 6.09. The number of hydrogen-bond donors (Lipinski definition) is 2. The second-order valence-electron chi connectivity index (χ2n) is 8.78. The Balaban J connectivity index is 1.37. The Kier molecular flexibility index (Phi) is 5.19. The maximum absolute atomic E-state index is 13.8. The molecule has 3 atom stereocenters. The molecule has 3 heterocycles. The Morgan fingerprint density at radius 2 is 2.09 bits per heavy atom. The number of amides is 2.